The quantitative estimate of drug-likeness (QED) is 0.793. The molecule has 6 nitrogen and oxygen atoms in total. The Hall–Kier alpha value is -1.44. The lowest BCUT2D eigenvalue weighted by molar-refractivity contribution is -0.130. The Morgan fingerprint density at radius 1 is 1.00 bits per heavy atom. The van der Waals surface area contributed by atoms with Gasteiger partial charge >= 0.3 is 0 Å². The third kappa shape index (κ3) is 3.30. The minimum absolute atomic E-state index is 0.0322. The predicted octanol–water partition coefficient (Wildman–Crippen LogP) is 2.18. The standard InChI is InChI=1S/C20H29N3O3S/c1-15-8-4-5-9-18(15)20-19-14-22(12-17(19)13-23(20)16(2)24)27(25,26)21-10-6-3-7-11-21/h4-5,8-9,17,19-20H,3,6-7,10-14H2,1-2H3/t17-,19-,20-/m1/s1. The highest BCUT2D eigenvalue weighted by atomic mass is 32.2. The molecule has 1 amide bonds. The van der Waals surface area contributed by atoms with Crippen molar-refractivity contribution in [1.82, 2.24) is 13.5 Å². The van der Waals surface area contributed by atoms with E-state index in [-0.39, 0.29) is 23.8 Å². The minimum atomic E-state index is -3.39. The van der Waals surface area contributed by atoms with Crippen molar-refractivity contribution >= 4 is 16.1 Å². The van der Waals surface area contributed by atoms with Gasteiger partial charge in [-0.15, -0.1) is 0 Å². The van der Waals surface area contributed by atoms with Gasteiger partial charge in [0.2, 0.25) is 5.91 Å². The number of fused-ring (bicyclic) bond motifs is 1. The van der Waals surface area contributed by atoms with Crippen molar-refractivity contribution in [2.75, 3.05) is 32.7 Å². The van der Waals surface area contributed by atoms with Gasteiger partial charge in [0.05, 0.1) is 6.04 Å². The maximum Gasteiger partial charge on any atom is 0.281 e. The van der Waals surface area contributed by atoms with Crippen molar-refractivity contribution in [3.8, 4) is 0 Å². The topological polar surface area (TPSA) is 60.9 Å². The number of amides is 1. The second-order valence-corrected chi connectivity index (χ2v) is 10.1. The van der Waals surface area contributed by atoms with Crippen LogP contribution in [0.25, 0.3) is 0 Å². The first-order valence-electron chi connectivity index (χ1n) is 9.97. The number of hydrogen-bond acceptors (Lipinski definition) is 3. The molecule has 3 saturated heterocycles. The van der Waals surface area contributed by atoms with Crippen molar-refractivity contribution in [1.29, 1.82) is 0 Å². The van der Waals surface area contributed by atoms with Crippen LogP contribution in [0, 0.1) is 18.8 Å². The van der Waals surface area contributed by atoms with Crippen LogP contribution in [-0.2, 0) is 15.0 Å². The van der Waals surface area contributed by atoms with Gasteiger partial charge in [0, 0.05) is 45.6 Å². The molecular weight excluding hydrogens is 362 g/mol. The van der Waals surface area contributed by atoms with E-state index in [4.69, 9.17) is 0 Å². The highest BCUT2D eigenvalue weighted by molar-refractivity contribution is 7.86. The molecule has 7 heteroatoms. The predicted molar refractivity (Wildman–Crippen MR) is 104 cm³/mol. The largest absolute Gasteiger partial charge is 0.335 e. The molecular formula is C20H29N3O3S. The number of aryl methyl sites for hydroxylation is 1. The second kappa shape index (κ2) is 7.18. The van der Waals surface area contributed by atoms with Crippen molar-refractivity contribution in [2.24, 2.45) is 11.8 Å². The molecule has 0 spiro atoms. The first kappa shape index (κ1) is 18.9. The molecule has 148 valence electrons. The van der Waals surface area contributed by atoms with Crippen LogP contribution in [0.1, 0.15) is 43.4 Å². The van der Waals surface area contributed by atoms with E-state index >= 15 is 0 Å². The molecule has 0 aliphatic carbocycles. The molecule has 1 aromatic carbocycles. The van der Waals surface area contributed by atoms with Crippen LogP contribution in [0.3, 0.4) is 0 Å². The van der Waals surface area contributed by atoms with Gasteiger partial charge in [0.1, 0.15) is 0 Å². The number of carbonyl (C=O) groups is 1. The molecule has 3 aliphatic heterocycles. The molecule has 0 N–H and O–H groups in total. The zero-order valence-corrected chi connectivity index (χ0v) is 17.0. The van der Waals surface area contributed by atoms with Crippen molar-refractivity contribution < 1.29 is 13.2 Å². The first-order valence-corrected chi connectivity index (χ1v) is 11.4. The summed E-state index contributed by atoms with van der Waals surface area (Å²) in [4.78, 5) is 14.2. The van der Waals surface area contributed by atoms with Gasteiger partial charge in [-0.25, -0.2) is 0 Å². The molecule has 27 heavy (non-hydrogen) atoms. The second-order valence-electron chi connectivity index (χ2n) is 8.18. The zero-order valence-electron chi connectivity index (χ0n) is 16.2. The molecule has 3 atom stereocenters. The smallest absolute Gasteiger partial charge is 0.281 e. The summed E-state index contributed by atoms with van der Waals surface area (Å²) >= 11 is 0. The molecule has 1 aromatic rings. The molecule has 0 radical (unpaired) electrons. The Kier molecular flexibility index (Phi) is 5.03. The van der Waals surface area contributed by atoms with Crippen molar-refractivity contribution in [2.45, 2.75) is 39.2 Å². The highest BCUT2D eigenvalue weighted by Gasteiger charge is 2.51. The summed E-state index contributed by atoms with van der Waals surface area (Å²) in [6, 6.07) is 8.13. The monoisotopic (exact) mass is 391 g/mol. The third-order valence-electron chi connectivity index (χ3n) is 6.51. The molecule has 0 bridgehead atoms. The molecule has 3 fully saturated rings. The van der Waals surface area contributed by atoms with E-state index in [0.717, 1.165) is 30.4 Å². The summed E-state index contributed by atoms with van der Waals surface area (Å²) in [7, 11) is -3.39. The average molecular weight is 392 g/mol. The van der Waals surface area contributed by atoms with Crippen LogP contribution in [0.5, 0.6) is 0 Å². The van der Waals surface area contributed by atoms with Gasteiger partial charge < -0.3 is 4.90 Å². The van der Waals surface area contributed by atoms with Crippen LogP contribution in [-0.4, -0.2) is 60.6 Å². The Morgan fingerprint density at radius 2 is 1.70 bits per heavy atom. The number of hydrogen-bond donors (Lipinski definition) is 0. The summed E-state index contributed by atoms with van der Waals surface area (Å²) in [6.07, 6.45) is 3.01. The number of piperidine rings is 1. The third-order valence-corrected chi connectivity index (χ3v) is 8.48. The lowest BCUT2D eigenvalue weighted by atomic mass is 9.87. The Bertz CT molecular complexity index is 820. The number of benzene rings is 1. The fourth-order valence-corrected chi connectivity index (χ4v) is 6.88. The first-order chi connectivity index (χ1) is 12.9. The van der Waals surface area contributed by atoms with Crippen LogP contribution in [0.4, 0.5) is 0 Å². The van der Waals surface area contributed by atoms with Crippen LogP contribution in [0.2, 0.25) is 0 Å². The SMILES string of the molecule is CC(=O)N1C[C@H]2CN(S(=O)(=O)N3CCCCC3)C[C@H]2[C@H]1c1ccccc1C. The fourth-order valence-electron chi connectivity index (χ4n) is 5.09. The molecule has 0 aromatic heterocycles. The van der Waals surface area contributed by atoms with Crippen molar-refractivity contribution in [3.63, 3.8) is 0 Å². The number of nitrogens with zero attached hydrogens (tertiary/aromatic N) is 3. The van der Waals surface area contributed by atoms with Crippen LogP contribution < -0.4 is 0 Å². The maximum absolute atomic E-state index is 13.1. The normalized spacial score (nSPS) is 29.9. The van der Waals surface area contributed by atoms with E-state index < -0.39 is 10.2 Å². The number of carbonyl (C=O) groups excluding carboxylic acids is 1. The maximum atomic E-state index is 13.1. The lowest BCUT2D eigenvalue weighted by Gasteiger charge is -2.33. The van der Waals surface area contributed by atoms with E-state index in [0.29, 0.717) is 32.7 Å². The highest BCUT2D eigenvalue weighted by Crippen LogP contribution is 2.46. The average Bonchev–Trinajstić information content (AvgIpc) is 3.22. The molecule has 4 rings (SSSR count). The summed E-state index contributed by atoms with van der Waals surface area (Å²) in [6.45, 7) is 6.63. The molecule has 3 heterocycles. The summed E-state index contributed by atoms with van der Waals surface area (Å²) in [5.41, 5.74) is 2.31. The zero-order chi connectivity index (χ0) is 19.2. The van der Waals surface area contributed by atoms with E-state index in [1.165, 1.54) is 0 Å². The van der Waals surface area contributed by atoms with Gasteiger partial charge in [-0.3, -0.25) is 4.79 Å². The number of rotatable bonds is 3. The fraction of sp³-hybridized carbons (Fsp3) is 0.650. The summed E-state index contributed by atoms with van der Waals surface area (Å²) in [5, 5.41) is 0. The molecule has 0 unspecified atom stereocenters. The van der Waals surface area contributed by atoms with E-state index in [1.54, 1.807) is 15.5 Å². The summed E-state index contributed by atoms with van der Waals surface area (Å²) < 4.78 is 29.6. The number of likely N-dealkylation sites (tertiary alicyclic amines) is 1. The van der Waals surface area contributed by atoms with E-state index in [9.17, 15) is 13.2 Å². The Morgan fingerprint density at radius 3 is 2.37 bits per heavy atom. The molecule has 0 saturated carbocycles. The van der Waals surface area contributed by atoms with Gasteiger partial charge in [-0.05, 0) is 36.8 Å². The van der Waals surface area contributed by atoms with Gasteiger partial charge in [-0.1, -0.05) is 30.7 Å². The lowest BCUT2D eigenvalue weighted by Crippen LogP contribution is -2.46. The van der Waals surface area contributed by atoms with Crippen LogP contribution >= 0.6 is 0 Å². The Balaban J connectivity index is 1.61. The Labute approximate surface area is 162 Å². The van der Waals surface area contributed by atoms with Crippen molar-refractivity contribution in [3.05, 3.63) is 35.4 Å². The minimum Gasteiger partial charge on any atom is -0.335 e. The van der Waals surface area contributed by atoms with E-state index in [1.807, 2.05) is 17.0 Å². The van der Waals surface area contributed by atoms with Gasteiger partial charge in [-0.2, -0.15) is 17.0 Å². The van der Waals surface area contributed by atoms with Gasteiger partial charge in [0.15, 0.2) is 0 Å². The summed E-state index contributed by atoms with van der Waals surface area (Å²) in [5.74, 6) is 0.440. The van der Waals surface area contributed by atoms with E-state index in [2.05, 4.69) is 19.1 Å². The van der Waals surface area contributed by atoms with Gasteiger partial charge in [0.25, 0.3) is 10.2 Å². The molecule has 3 aliphatic rings. The van der Waals surface area contributed by atoms with Crippen LogP contribution in [0.15, 0.2) is 24.3 Å².